The van der Waals surface area contributed by atoms with Crippen LogP contribution in [0.4, 0.5) is 0 Å². The van der Waals surface area contributed by atoms with Gasteiger partial charge in [0.05, 0.1) is 11.4 Å². The molecule has 0 aromatic carbocycles. The fourth-order valence-corrected chi connectivity index (χ4v) is 1.74. The standard InChI is InChI=1S/C10H21NO4S/c1-5-15-9(12)7-6-8-11-16(13,14)10(2,3)4/h11H,5-8H2,1-4H3. The summed E-state index contributed by atoms with van der Waals surface area (Å²) in [5.74, 6) is -0.294. The molecular weight excluding hydrogens is 230 g/mol. The van der Waals surface area contributed by atoms with Crippen molar-refractivity contribution in [3.8, 4) is 0 Å². The normalized spacial score (nSPS) is 12.5. The molecule has 5 nitrogen and oxygen atoms in total. The van der Waals surface area contributed by atoms with Gasteiger partial charge in [-0.2, -0.15) is 0 Å². The van der Waals surface area contributed by atoms with Crippen LogP contribution >= 0.6 is 0 Å². The number of esters is 1. The number of hydrogen-bond donors (Lipinski definition) is 1. The SMILES string of the molecule is CCOC(=O)CCCNS(=O)(=O)C(C)(C)C. The molecule has 16 heavy (non-hydrogen) atoms. The lowest BCUT2D eigenvalue weighted by atomic mass is 10.3. The molecule has 1 N–H and O–H groups in total. The molecule has 0 atom stereocenters. The topological polar surface area (TPSA) is 72.5 Å². The highest BCUT2D eigenvalue weighted by Crippen LogP contribution is 2.12. The molecule has 0 aromatic rings. The van der Waals surface area contributed by atoms with E-state index in [1.807, 2.05) is 0 Å². The summed E-state index contributed by atoms with van der Waals surface area (Å²) in [4.78, 5) is 11.0. The Labute approximate surface area is 97.6 Å². The van der Waals surface area contributed by atoms with Crippen molar-refractivity contribution in [1.82, 2.24) is 4.72 Å². The zero-order valence-electron chi connectivity index (χ0n) is 10.4. The van der Waals surface area contributed by atoms with Gasteiger partial charge in [-0.05, 0) is 34.1 Å². The van der Waals surface area contributed by atoms with E-state index in [9.17, 15) is 13.2 Å². The van der Waals surface area contributed by atoms with Gasteiger partial charge in [-0.15, -0.1) is 0 Å². The van der Waals surface area contributed by atoms with Crippen LogP contribution in [-0.2, 0) is 19.6 Å². The van der Waals surface area contributed by atoms with E-state index in [4.69, 9.17) is 4.74 Å². The Morgan fingerprint density at radius 1 is 1.31 bits per heavy atom. The number of carbonyl (C=O) groups is 1. The summed E-state index contributed by atoms with van der Waals surface area (Å²) in [6.45, 7) is 7.23. The molecule has 0 aliphatic rings. The fourth-order valence-electron chi connectivity index (χ4n) is 0.889. The Balaban J connectivity index is 3.88. The molecular formula is C10H21NO4S. The average Bonchev–Trinajstić information content (AvgIpc) is 2.11. The predicted octanol–water partition coefficient (Wildman–Crippen LogP) is 1.05. The Kier molecular flexibility index (Phi) is 5.96. The van der Waals surface area contributed by atoms with E-state index in [0.717, 1.165) is 0 Å². The van der Waals surface area contributed by atoms with Crippen LogP contribution in [0.25, 0.3) is 0 Å². The molecule has 0 saturated heterocycles. The molecule has 0 saturated carbocycles. The summed E-state index contributed by atoms with van der Waals surface area (Å²) in [7, 11) is -3.31. The van der Waals surface area contributed by atoms with E-state index in [-0.39, 0.29) is 18.9 Å². The number of rotatable bonds is 6. The first-order valence-corrected chi connectivity index (χ1v) is 6.84. The Morgan fingerprint density at radius 2 is 1.88 bits per heavy atom. The molecule has 0 heterocycles. The summed E-state index contributed by atoms with van der Waals surface area (Å²) in [5, 5.41) is 0. The van der Waals surface area contributed by atoms with Crippen LogP contribution in [-0.4, -0.2) is 32.3 Å². The quantitative estimate of drug-likeness (QED) is 0.565. The van der Waals surface area contributed by atoms with Gasteiger partial charge in [0, 0.05) is 13.0 Å². The first kappa shape index (κ1) is 15.4. The van der Waals surface area contributed by atoms with E-state index in [1.54, 1.807) is 27.7 Å². The van der Waals surface area contributed by atoms with Crippen molar-refractivity contribution in [2.75, 3.05) is 13.2 Å². The van der Waals surface area contributed by atoms with Gasteiger partial charge in [-0.1, -0.05) is 0 Å². The molecule has 6 heteroatoms. The summed E-state index contributed by atoms with van der Waals surface area (Å²) in [6.07, 6.45) is 0.689. The summed E-state index contributed by atoms with van der Waals surface area (Å²) in [5.41, 5.74) is 0. The van der Waals surface area contributed by atoms with Crippen LogP contribution in [0.3, 0.4) is 0 Å². The second-order valence-corrected chi connectivity index (χ2v) is 6.94. The maximum Gasteiger partial charge on any atom is 0.305 e. The number of ether oxygens (including phenoxy) is 1. The lowest BCUT2D eigenvalue weighted by Crippen LogP contribution is -2.39. The molecule has 0 aliphatic heterocycles. The van der Waals surface area contributed by atoms with Crippen LogP contribution in [0.15, 0.2) is 0 Å². The zero-order chi connectivity index (χ0) is 12.8. The van der Waals surface area contributed by atoms with Gasteiger partial charge in [-0.3, -0.25) is 4.79 Å². The fraction of sp³-hybridized carbons (Fsp3) is 0.900. The van der Waals surface area contributed by atoms with Gasteiger partial charge in [0.15, 0.2) is 0 Å². The third-order valence-electron chi connectivity index (χ3n) is 1.96. The smallest absolute Gasteiger partial charge is 0.305 e. The Morgan fingerprint density at radius 3 is 2.31 bits per heavy atom. The highest BCUT2D eigenvalue weighted by molar-refractivity contribution is 7.90. The van der Waals surface area contributed by atoms with Gasteiger partial charge >= 0.3 is 5.97 Å². The molecule has 0 unspecified atom stereocenters. The summed E-state index contributed by atoms with van der Waals surface area (Å²) in [6, 6.07) is 0. The molecule has 0 spiro atoms. The van der Waals surface area contributed by atoms with Crippen molar-refractivity contribution in [2.24, 2.45) is 0 Å². The molecule has 0 radical (unpaired) electrons. The van der Waals surface area contributed by atoms with Crippen LogP contribution in [0.1, 0.15) is 40.5 Å². The highest BCUT2D eigenvalue weighted by Gasteiger charge is 2.28. The van der Waals surface area contributed by atoms with E-state index >= 15 is 0 Å². The Bertz CT molecular complexity index is 316. The van der Waals surface area contributed by atoms with Crippen molar-refractivity contribution in [3.05, 3.63) is 0 Å². The van der Waals surface area contributed by atoms with Crippen LogP contribution < -0.4 is 4.72 Å². The van der Waals surface area contributed by atoms with E-state index in [1.165, 1.54) is 0 Å². The number of hydrogen-bond acceptors (Lipinski definition) is 4. The lowest BCUT2D eigenvalue weighted by Gasteiger charge is -2.19. The molecule has 0 aliphatic carbocycles. The zero-order valence-corrected chi connectivity index (χ0v) is 11.2. The second kappa shape index (κ2) is 6.20. The van der Waals surface area contributed by atoms with Crippen molar-refractivity contribution in [2.45, 2.75) is 45.3 Å². The van der Waals surface area contributed by atoms with Crippen molar-refractivity contribution in [1.29, 1.82) is 0 Å². The third kappa shape index (κ3) is 5.46. The third-order valence-corrected chi connectivity index (χ3v) is 4.16. The lowest BCUT2D eigenvalue weighted by molar-refractivity contribution is -0.143. The molecule has 0 rings (SSSR count). The Hall–Kier alpha value is -0.620. The van der Waals surface area contributed by atoms with Crippen molar-refractivity contribution >= 4 is 16.0 Å². The first-order valence-electron chi connectivity index (χ1n) is 5.35. The maximum atomic E-state index is 11.6. The second-order valence-electron chi connectivity index (χ2n) is 4.42. The van der Waals surface area contributed by atoms with Crippen molar-refractivity contribution in [3.63, 3.8) is 0 Å². The average molecular weight is 251 g/mol. The van der Waals surface area contributed by atoms with Crippen molar-refractivity contribution < 1.29 is 17.9 Å². The van der Waals surface area contributed by atoms with Crippen LogP contribution in [0, 0.1) is 0 Å². The van der Waals surface area contributed by atoms with E-state index < -0.39 is 14.8 Å². The highest BCUT2D eigenvalue weighted by atomic mass is 32.2. The minimum absolute atomic E-state index is 0.237. The number of sulfonamides is 1. The van der Waals surface area contributed by atoms with Gasteiger partial charge < -0.3 is 4.74 Å². The van der Waals surface area contributed by atoms with Gasteiger partial charge in [-0.25, -0.2) is 13.1 Å². The van der Waals surface area contributed by atoms with Gasteiger partial charge in [0.2, 0.25) is 10.0 Å². The van der Waals surface area contributed by atoms with E-state index in [2.05, 4.69) is 4.72 Å². The minimum Gasteiger partial charge on any atom is -0.466 e. The van der Waals surface area contributed by atoms with Crippen LogP contribution in [0.2, 0.25) is 0 Å². The minimum atomic E-state index is -3.31. The van der Waals surface area contributed by atoms with Gasteiger partial charge in [0.1, 0.15) is 0 Å². The molecule has 0 amide bonds. The molecule has 0 aromatic heterocycles. The van der Waals surface area contributed by atoms with E-state index in [0.29, 0.717) is 13.0 Å². The molecule has 96 valence electrons. The number of carbonyl (C=O) groups excluding carboxylic acids is 1. The predicted molar refractivity (Wildman–Crippen MR) is 62.5 cm³/mol. The molecule has 0 fully saturated rings. The first-order chi connectivity index (χ1) is 7.20. The summed E-state index contributed by atoms with van der Waals surface area (Å²) < 4.78 is 29.6. The maximum absolute atomic E-state index is 11.6. The molecule has 0 bridgehead atoms. The summed E-state index contributed by atoms with van der Waals surface area (Å²) >= 11 is 0. The van der Waals surface area contributed by atoms with Crippen LogP contribution in [0.5, 0.6) is 0 Å². The monoisotopic (exact) mass is 251 g/mol. The van der Waals surface area contributed by atoms with Gasteiger partial charge in [0.25, 0.3) is 0 Å². The number of nitrogens with one attached hydrogen (secondary N) is 1. The largest absolute Gasteiger partial charge is 0.466 e.